The molecule has 0 radical (unpaired) electrons. The molecule has 0 saturated carbocycles. The third kappa shape index (κ3) is 5.77. The average molecular weight is 436 g/mol. The van der Waals surface area contributed by atoms with Gasteiger partial charge in [0.05, 0.1) is 16.3 Å². The van der Waals surface area contributed by atoms with Crippen LogP contribution in [0.2, 0.25) is 5.02 Å². The molecule has 11 heteroatoms. The Bertz CT molecular complexity index is 962. The van der Waals surface area contributed by atoms with Crippen LogP contribution in [0.15, 0.2) is 47.4 Å². The number of nitrogens with one attached hydrogen (secondary N) is 2. The molecule has 0 saturated heterocycles. The van der Waals surface area contributed by atoms with Crippen LogP contribution >= 0.6 is 11.6 Å². The lowest BCUT2D eigenvalue weighted by Crippen LogP contribution is -2.33. The molecule has 152 valence electrons. The van der Waals surface area contributed by atoms with Crippen LogP contribution in [-0.2, 0) is 10.0 Å². The maximum atomic E-state index is 12.6. The molecule has 6 nitrogen and oxygen atoms in total. The van der Waals surface area contributed by atoms with Gasteiger partial charge in [0.15, 0.2) is 0 Å². The quantitative estimate of drug-likeness (QED) is 0.728. The number of anilines is 2. The van der Waals surface area contributed by atoms with Crippen molar-refractivity contribution in [3.8, 4) is 0 Å². The van der Waals surface area contributed by atoms with Crippen LogP contribution in [0.1, 0.15) is 10.4 Å². The topological polar surface area (TPSA) is 78.5 Å². The number of nitrogens with zero attached hydrogens (tertiary/aromatic N) is 1. The van der Waals surface area contributed by atoms with Crippen molar-refractivity contribution in [2.45, 2.75) is 11.1 Å². The Morgan fingerprint density at radius 3 is 2.25 bits per heavy atom. The largest absolute Gasteiger partial charge is 0.405 e. The fraction of sp³-hybridized carbons (Fsp3) is 0.235. The molecule has 0 aliphatic carbocycles. The second-order valence-electron chi connectivity index (χ2n) is 5.98. The molecule has 0 aromatic heterocycles. The molecule has 2 N–H and O–H groups in total. The first kappa shape index (κ1) is 21.8. The molecular weight excluding hydrogens is 419 g/mol. The first-order valence-corrected chi connectivity index (χ1v) is 9.70. The van der Waals surface area contributed by atoms with E-state index in [4.69, 9.17) is 11.6 Å². The van der Waals surface area contributed by atoms with E-state index >= 15 is 0 Å². The molecule has 0 heterocycles. The highest BCUT2D eigenvalue weighted by atomic mass is 35.5. The predicted octanol–water partition coefficient (Wildman–Crippen LogP) is 3.50. The van der Waals surface area contributed by atoms with Gasteiger partial charge in [-0.3, -0.25) is 9.52 Å². The van der Waals surface area contributed by atoms with Crippen molar-refractivity contribution in [1.82, 2.24) is 5.32 Å². The molecule has 2 aromatic rings. The van der Waals surface area contributed by atoms with Crippen molar-refractivity contribution in [2.75, 3.05) is 30.3 Å². The Hall–Kier alpha value is -2.46. The Labute approximate surface area is 165 Å². The summed E-state index contributed by atoms with van der Waals surface area (Å²) in [6.07, 6.45) is -4.54. The van der Waals surface area contributed by atoms with Gasteiger partial charge >= 0.3 is 6.18 Å². The smallest absolute Gasteiger partial charge is 0.376 e. The van der Waals surface area contributed by atoms with Gasteiger partial charge in [0.1, 0.15) is 6.54 Å². The highest BCUT2D eigenvalue weighted by Gasteiger charge is 2.28. The molecule has 28 heavy (non-hydrogen) atoms. The van der Waals surface area contributed by atoms with E-state index in [-0.39, 0.29) is 16.1 Å². The molecule has 2 aromatic carbocycles. The summed E-state index contributed by atoms with van der Waals surface area (Å²) in [4.78, 5) is 13.2. The van der Waals surface area contributed by atoms with E-state index < -0.39 is 28.7 Å². The molecule has 0 bridgehead atoms. The first-order chi connectivity index (χ1) is 12.9. The van der Waals surface area contributed by atoms with Crippen LogP contribution in [0.5, 0.6) is 0 Å². The highest BCUT2D eigenvalue weighted by molar-refractivity contribution is 7.92. The minimum Gasteiger partial charge on any atom is -0.376 e. The Morgan fingerprint density at radius 2 is 1.71 bits per heavy atom. The summed E-state index contributed by atoms with van der Waals surface area (Å²) in [5, 5.41) is 2.05. The van der Waals surface area contributed by atoms with E-state index in [1.54, 1.807) is 36.4 Å². The van der Waals surface area contributed by atoms with Gasteiger partial charge in [0.2, 0.25) is 0 Å². The second-order valence-corrected chi connectivity index (χ2v) is 8.10. The Kier molecular flexibility index (Phi) is 6.45. The number of alkyl halides is 3. The summed E-state index contributed by atoms with van der Waals surface area (Å²) in [7, 11) is -0.548. The van der Waals surface area contributed by atoms with Crippen molar-refractivity contribution < 1.29 is 26.4 Å². The van der Waals surface area contributed by atoms with E-state index in [9.17, 15) is 26.4 Å². The number of sulfonamides is 1. The number of hydrogen-bond acceptors (Lipinski definition) is 4. The highest BCUT2D eigenvalue weighted by Crippen LogP contribution is 2.30. The normalized spacial score (nSPS) is 11.8. The van der Waals surface area contributed by atoms with Gasteiger partial charge in [-0.1, -0.05) is 11.6 Å². The molecule has 0 aliphatic heterocycles. The fourth-order valence-electron chi connectivity index (χ4n) is 2.25. The van der Waals surface area contributed by atoms with E-state index in [0.717, 1.165) is 24.3 Å². The Morgan fingerprint density at radius 1 is 1.11 bits per heavy atom. The standard InChI is InChI=1S/C17H17ClF3N3O3S/c1-24(2)15-8-5-12(18)9-14(15)23-28(26,27)13-6-3-11(4-7-13)16(25)22-10-17(19,20)21/h3-9,23H,10H2,1-2H3,(H,22,25). The molecule has 0 atom stereocenters. The lowest BCUT2D eigenvalue weighted by Gasteiger charge is -2.19. The van der Waals surface area contributed by atoms with Crippen LogP contribution in [-0.4, -0.2) is 41.1 Å². The van der Waals surface area contributed by atoms with Crippen LogP contribution in [0, 0.1) is 0 Å². The van der Waals surface area contributed by atoms with Crippen molar-refractivity contribution in [1.29, 1.82) is 0 Å². The van der Waals surface area contributed by atoms with E-state index in [1.165, 1.54) is 6.07 Å². The van der Waals surface area contributed by atoms with Crippen LogP contribution < -0.4 is 14.9 Å². The number of amides is 1. The van der Waals surface area contributed by atoms with Crippen molar-refractivity contribution >= 4 is 38.9 Å². The molecule has 0 unspecified atom stereocenters. The number of carbonyl (C=O) groups excluding carboxylic acids is 1. The lowest BCUT2D eigenvalue weighted by atomic mass is 10.2. The zero-order valence-corrected chi connectivity index (χ0v) is 16.4. The first-order valence-electron chi connectivity index (χ1n) is 7.84. The molecule has 0 fully saturated rings. The van der Waals surface area contributed by atoms with Crippen molar-refractivity contribution in [3.05, 3.63) is 53.1 Å². The van der Waals surface area contributed by atoms with Crippen LogP contribution in [0.3, 0.4) is 0 Å². The molecule has 1 amide bonds. The summed E-state index contributed by atoms with van der Waals surface area (Å²) in [6.45, 7) is -1.48. The van der Waals surface area contributed by atoms with Gasteiger partial charge in [0.25, 0.3) is 15.9 Å². The third-order valence-electron chi connectivity index (χ3n) is 3.56. The van der Waals surface area contributed by atoms with Gasteiger partial charge in [-0.2, -0.15) is 13.2 Å². The van der Waals surface area contributed by atoms with Crippen LogP contribution in [0.25, 0.3) is 0 Å². The zero-order valence-electron chi connectivity index (χ0n) is 14.8. The summed E-state index contributed by atoms with van der Waals surface area (Å²) in [6, 6.07) is 9.23. The van der Waals surface area contributed by atoms with Gasteiger partial charge in [-0.25, -0.2) is 8.42 Å². The second kappa shape index (κ2) is 8.27. The van der Waals surface area contributed by atoms with Gasteiger partial charge < -0.3 is 10.2 Å². The van der Waals surface area contributed by atoms with Gasteiger partial charge in [0, 0.05) is 24.7 Å². The van der Waals surface area contributed by atoms with Crippen molar-refractivity contribution in [2.24, 2.45) is 0 Å². The molecular formula is C17H17ClF3N3O3S. The Balaban J connectivity index is 2.21. The number of benzene rings is 2. The summed E-state index contributed by atoms with van der Waals surface area (Å²) in [5.74, 6) is -0.959. The van der Waals surface area contributed by atoms with E-state index in [2.05, 4.69) is 4.72 Å². The summed E-state index contributed by atoms with van der Waals surface area (Å²) in [5.41, 5.74) is 0.737. The molecule has 0 spiro atoms. The maximum absolute atomic E-state index is 12.6. The zero-order chi connectivity index (χ0) is 21.1. The third-order valence-corrected chi connectivity index (χ3v) is 5.18. The minimum atomic E-state index is -4.54. The van der Waals surface area contributed by atoms with Gasteiger partial charge in [-0.15, -0.1) is 0 Å². The number of rotatable bonds is 6. The lowest BCUT2D eigenvalue weighted by molar-refractivity contribution is -0.123. The molecule has 0 aliphatic rings. The van der Waals surface area contributed by atoms with E-state index in [0.29, 0.717) is 10.7 Å². The monoisotopic (exact) mass is 435 g/mol. The summed E-state index contributed by atoms with van der Waals surface area (Å²) < 4.78 is 64.1. The van der Waals surface area contributed by atoms with Gasteiger partial charge in [-0.05, 0) is 42.5 Å². The number of carbonyl (C=O) groups is 1. The van der Waals surface area contributed by atoms with Crippen LogP contribution in [0.4, 0.5) is 24.5 Å². The predicted molar refractivity (Wildman–Crippen MR) is 101 cm³/mol. The molecule has 2 rings (SSSR count). The minimum absolute atomic E-state index is 0.0973. The van der Waals surface area contributed by atoms with E-state index in [1.807, 2.05) is 0 Å². The number of halogens is 4. The fourth-order valence-corrected chi connectivity index (χ4v) is 3.49. The maximum Gasteiger partial charge on any atom is 0.405 e. The SMILES string of the molecule is CN(C)c1ccc(Cl)cc1NS(=O)(=O)c1ccc(C(=O)NCC(F)(F)F)cc1. The average Bonchev–Trinajstić information content (AvgIpc) is 2.58. The summed E-state index contributed by atoms with van der Waals surface area (Å²) >= 11 is 5.94. The van der Waals surface area contributed by atoms with Crippen molar-refractivity contribution in [3.63, 3.8) is 0 Å². The number of hydrogen-bond donors (Lipinski definition) is 2.